The van der Waals surface area contributed by atoms with Crippen LogP contribution in [0.3, 0.4) is 0 Å². The molecule has 1 aliphatic carbocycles. The Balaban J connectivity index is 1.43. The fourth-order valence-corrected chi connectivity index (χ4v) is 6.30. The van der Waals surface area contributed by atoms with E-state index >= 15 is 0 Å². The van der Waals surface area contributed by atoms with Crippen molar-refractivity contribution in [2.45, 2.75) is 95.5 Å². The van der Waals surface area contributed by atoms with Crippen molar-refractivity contribution in [1.29, 1.82) is 0 Å². The predicted octanol–water partition coefficient (Wildman–Crippen LogP) is 4.00. The molecule has 1 saturated carbocycles. The summed E-state index contributed by atoms with van der Waals surface area (Å²) in [4.78, 5) is 29.8. The van der Waals surface area contributed by atoms with Crippen molar-refractivity contribution in [3.05, 3.63) is 24.3 Å². The van der Waals surface area contributed by atoms with E-state index in [-0.39, 0.29) is 29.7 Å². The molecule has 7 nitrogen and oxygen atoms in total. The fourth-order valence-electron chi connectivity index (χ4n) is 6.30. The van der Waals surface area contributed by atoms with Gasteiger partial charge in [0.05, 0.1) is 24.6 Å². The Morgan fingerprint density at radius 1 is 1.09 bits per heavy atom. The van der Waals surface area contributed by atoms with Crippen molar-refractivity contribution >= 4 is 23.2 Å². The number of hydrogen-bond acceptors (Lipinski definition) is 6. The number of nitrogens with zero attached hydrogens (tertiary/aromatic N) is 2. The summed E-state index contributed by atoms with van der Waals surface area (Å²) in [6.07, 6.45) is 8.29. The van der Waals surface area contributed by atoms with Gasteiger partial charge in [0, 0.05) is 37.9 Å². The molecule has 1 aromatic rings. The molecule has 3 heterocycles. The molecular formula is C27H39N3O4. The number of carbonyl (C=O) groups excluding carboxylic acids is 2. The van der Waals surface area contributed by atoms with Crippen LogP contribution in [0.5, 0.6) is 0 Å². The molecule has 1 aromatic carbocycles. The van der Waals surface area contributed by atoms with Crippen molar-refractivity contribution in [2.75, 3.05) is 29.6 Å². The van der Waals surface area contributed by atoms with Gasteiger partial charge < -0.3 is 19.3 Å². The van der Waals surface area contributed by atoms with Gasteiger partial charge in [-0.15, -0.1) is 0 Å². The predicted molar refractivity (Wildman–Crippen MR) is 132 cm³/mol. The molecule has 5 rings (SSSR count). The van der Waals surface area contributed by atoms with Gasteiger partial charge in [0.15, 0.2) is 5.79 Å². The van der Waals surface area contributed by atoms with Gasteiger partial charge in [-0.2, -0.15) is 0 Å². The number of benzene rings is 1. The van der Waals surface area contributed by atoms with E-state index in [1.54, 1.807) is 0 Å². The number of nitrogens with one attached hydrogen (secondary N) is 1. The number of ether oxygens (including phenoxy) is 2. The van der Waals surface area contributed by atoms with Crippen LogP contribution in [0.4, 0.5) is 11.4 Å². The van der Waals surface area contributed by atoms with Crippen LogP contribution in [0.1, 0.15) is 71.6 Å². The third kappa shape index (κ3) is 4.57. The quantitative estimate of drug-likeness (QED) is 0.635. The largest absolute Gasteiger partial charge is 0.365 e. The van der Waals surface area contributed by atoms with E-state index in [9.17, 15) is 9.59 Å². The second-order valence-corrected chi connectivity index (χ2v) is 10.6. The number of hydrogen-bond donors (Lipinski definition) is 1. The minimum absolute atomic E-state index is 0.150. The number of para-hydroxylation sites is 2. The van der Waals surface area contributed by atoms with E-state index in [2.05, 4.69) is 53.2 Å². The van der Waals surface area contributed by atoms with Gasteiger partial charge >= 0.3 is 0 Å². The van der Waals surface area contributed by atoms with Crippen LogP contribution in [0.2, 0.25) is 0 Å². The summed E-state index contributed by atoms with van der Waals surface area (Å²) in [6, 6.07) is 8.92. The first-order chi connectivity index (χ1) is 16.5. The first-order valence-electron chi connectivity index (χ1n) is 13.3. The van der Waals surface area contributed by atoms with Gasteiger partial charge in [0.25, 0.3) is 0 Å². The highest BCUT2D eigenvalue weighted by atomic mass is 16.7. The third-order valence-corrected chi connectivity index (χ3v) is 8.48. The van der Waals surface area contributed by atoms with Gasteiger partial charge in [-0.05, 0) is 50.2 Å². The average molecular weight is 470 g/mol. The van der Waals surface area contributed by atoms with Crippen LogP contribution in [0, 0.1) is 5.92 Å². The highest BCUT2D eigenvalue weighted by molar-refractivity contribution is 6.02. The van der Waals surface area contributed by atoms with Crippen molar-refractivity contribution in [3.63, 3.8) is 0 Å². The lowest BCUT2D eigenvalue weighted by atomic mass is 9.86. The van der Waals surface area contributed by atoms with E-state index in [1.807, 2.05) is 0 Å². The Morgan fingerprint density at radius 3 is 2.47 bits per heavy atom. The van der Waals surface area contributed by atoms with E-state index < -0.39 is 0 Å². The number of carbonyl (C=O) groups is 2. The van der Waals surface area contributed by atoms with Gasteiger partial charge in [-0.25, -0.2) is 0 Å². The number of piperidine rings is 1. The molecule has 0 bridgehead atoms. The summed E-state index contributed by atoms with van der Waals surface area (Å²) in [5.41, 5.74) is 2.34. The molecule has 3 fully saturated rings. The van der Waals surface area contributed by atoms with Crippen LogP contribution in [-0.2, 0) is 19.1 Å². The molecule has 34 heavy (non-hydrogen) atoms. The van der Waals surface area contributed by atoms with Crippen LogP contribution in [0.25, 0.3) is 0 Å². The van der Waals surface area contributed by atoms with Crippen molar-refractivity contribution < 1.29 is 19.1 Å². The number of anilines is 2. The van der Waals surface area contributed by atoms with Gasteiger partial charge in [-0.1, -0.05) is 32.4 Å². The molecule has 4 aliphatic rings. The molecule has 1 N–H and O–H groups in total. The Kier molecular flexibility index (Phi) is 6.85. The Morgan fingerprint density at radius 2 is 1.79 bits per heavy atom. The number of imide groups is 1. The third-order valence-electron chi connectivity index (χ3n) is 8.48. The van der Waals surface area contributed by atoms with E-state index in [1.165, 1.54) is 5.69 Å². The highest BCUT2D eigenvalue weighted by Crippen LogP contribution is 2.44. The van der Waals surface area contributed by atoms with E-state index in [4.69, 9.17) is 9.47 Å². The molecule has 0 aromatic heterocycles. The van der Waals surface area contributed by atoms with E-state index in [0.29, 0.717) is 38.0 Å². The first kappa shape index (κ1) is 23.6. The lowest BCUT2D eigenvalue weighted by Gasteiger charge is -2.51. The molecule has 0 radical (unpaired) electrons. The zero-order chi connectivity index (χ0) is 23.7. The summed E-state index contributed by atoms with van der Waals surface area (Å²) in [7, 11) is 0. The number of rotatable bonds is 6. The topological polar surface area (TPSA) is 71.1 Å². The molecule has 3 atom stereocenters. The smallest absolute Gasteiger partial charge is 0.249 e. The first-order valence-corrected chi connectivity index (χ1v) is 13.3. The summed E-state index contributed by atoms with van der Waals surface area (Å²) in [5, 5.41) is 2.60. The van der Waals surface area contributed by atoms with E-state index in [0.717, 1.165) is 57.2 Å². The van der Waals surface area contributed by atoms with Crippen molar-refractivity contribution in [2.24, 2.45) is 5.92 Å². The minimum Gasteiger partial charge on any atom is -0.365 e. The molecule has 1 spiro atoms. The van der Waals surface area contributed by atoms with Gasteiger partial charge in [-0.3, -0.25) is 14.9 Å². The zero-order valence-electron chi connectivity index (χ0n) is 20.6. The molecule has 2 unspecified atom stereocenters. The average Bonchev–Trinajstić information content (AvgIpc) is 3.30. The number of fused-ring (bicyclic) bond motifs is 1. The molecule has 7 heteroatoms. The fraction of sp³-hybridized carbons (Fsp3) is 0.704. The van der Waals surface area contributed by atoms with Crippen molar-refractivity contribution in [3.8, 4) is 0 Å². The lowest BCUT2D eigenvalue weighted by Crippen LogP contribution is -2.61. The van der Waals surface area contributed by atoms with Crippen molar-refractivity contribution in [1.82, 2.24) is 5.32 Å². The summed E-state index contributed by atoms with van der Waals surface area (Å²) >= 11 is 0. The standard InChI is InChI=1S/C27H39N3O4/c1-3-19(2)8-9-21-18-29(20-12-14-27(15-13-20)33-16-17-34-27)22-6-4-5-7-23(22)30(21)24-10-11-25(31)28-26(24)32/h4-7,19-21,24H,3,8-18H2,1-2H3,(H,28,31,32)/t19-,21?,24?/m1/s1. The maximum Gasteiger partial charge on any atom is 0.249 e. The lowest BCUT2D eigenvalue weighted by molar-refractivity contribution is -0.178. The molecular weight excluding hydrogens is 430 g/mol. The monoisotopic (exact) mass is 469 g/mol. The maximum atomic E-state index is 13.0. The Hall–Kier alpha value is -2.12. The SMILES string of the molecule is CC[C@@H](C)CCC1CN(C2CCC3(CC2)OCCO3)c2ccccc2N1C1CCC(=O)NC1=O. The van der Waals surface area contributed by atoms with Gasteiger partial charge in [0.2, 0.25) is 11.8 Å². The Bertz CT molecular complexity index is 890. The molecule has 3 aliphatic heterocycles. The molecule has 2 saturated heterocycles. The maximum absolute atomic E-state index is 13.0. The summed E-state index contributed by atoms with van der Waals surface area (Å²) < 4.78 is 12.0. The zero-order valence-corrected chi connectivity index (χ0v) is 20.6. The van der Waals surface area contributed by atoms with Crippen LogP contribution >= 0.6 is 0 Å². The summed E-state index contributed by atoms with van der Waals surface area (Å²) in [6.45, 7) is 6.87. The van der Waals surface area contributed by atoms with Gasteiger partial charge in [0.1, 0.15) is 6.04 Å². The molecule has 2 amide bonds. The van der Waals surface area contributed by atoms with Crippen LogP contribution in [-0.4, -0.2) is 55.5 Å². The van der Waals surface area contributed by atoms with Crippen LogP contribution < -0.4 is 15.1 Å². The second kappa shape index (κ2) is 9.86. The summed E-state index contributed by atoms with van der Waals surface area (Å²) in [5.74, 6) is -0.0130. The Labute approximate surface area is 203 Å². The normalized spacial score (nSPS) is 28.2. The number of amides is 2. The second-order valence-electron chi connectivity index (χ2n) is 10.6. The van der Waals surface area contributed by atoms with Crippen LogP contribution in [0.15, 0.2) is 24.3 Å². The highest BCUT2D eigenvalue weighted by Gasteiger charge is 2.45. The molecule has 186 valence electrons. The minimum atomic E-state index is -0.361.